The van der Waals surface area contributed by atoms with E-state index in [4.69, 9.17) is 4.74 Å². The molecule has 1 heteroatoms. The molecule has 0 aromatic heterocycles. The Kier molecular flexibility index (Phi) is 6.97. The van der Waals surface area contributed by atoms with Crippen LogP contribution in [0.2, 0.25) is 0 Å². The van der Waals surface area contributed by atoms with Crippen molar-refractivity contribution in [3.63, 3.8) is 0 Å². The van der Waals surface area contributed by atoms with Crippen LogP contribution in [0.25, 0.3) is 0 Å². The van der Waals surface area contributed by atoms with E-state index in [1.807, 2.05) is 18.2 Å². The smallest absolute Gasteiger partial charge is 0.119 e. The van der Waals surface area contributed by atoms with Gasteiger partial charge in [-0.15, -0.1) is 0 Å². The van der Waals surface area contributed by atoms with Gasteiger partial charge in [0.2, 0.25) is 0 Å². The molecule has 1 fully saturated rings. The minimum absolute atomic E-state index is 0.780. The van der Waals surface area contributed by atoms with Gasteiger partial charge in [0.25, 0.3) is 0 Å². The average Bonchev–Trinajstić information content (AvgIpc) is 2.52. The molecule has 0 atom stereocenters. The van der Waals surface area contributed by atoms with E-state index < -0.39 is 0 Å². The monoisotopic (exact) mass is 274 g/mol. The molecule has 0 aliphatic heterocycles. The molecule has 1 aromatic rings. The van der Waals surface area contributed by atoms with Gasteiger partial charge in [0.15, 0.2) is 0 Å². The number of unbranched alkanes of at least 4 members (excludes halogenated alkanes) is 3. The molecule has 20 heavy (non-hydrogen) atoms. The standard InChI is InChI=1S/C19H30O/c1-2-3-4-6-9-17-12-14-18(15-13-17)16-20-19-10-7-5-8-11-19/h5,7-8,10-11,17-18H,2-4,6,9,12-16H2,1H3. The zero-order valence-electron chi connectivity index (χ0n) is 13.0. The van der Waals surface area contributed by atoms with E-state index in [1.54, 1.807) is 0 Å². The van der Waals surface area contributed by atoms with Gasteiger partial charge >= 0.3 is 0 Å². The third-order valence-corrected chi connectivity index (χ3v) is 4.66. The summed E-state index contributed by atoms with van der Waals surface area (Å²) in [7, 11) is 0. The van der Waals surface area contributed by atoms with Crippen LogP contribution in [0.3, 0.4) is 0 Å². The van der Waals surface area contributed by atoms with Crippen molar-refractivity contribution in [1.29, 1.82) is 0 Å². The fraction of sp³-hybridized carbons (Fsp3) is 0.684. The highest BCUT2D eigenvalue weighted by Gasteiger charge is 2.21. The molecule has 0 spiro atoms. The lowest BCUT2D eigenvalue weighted by atomic mass is 9.80. The average molecular weight is 274 g/mol. The van der Waals surface area contributed by atoms with Gasteiger partial charge in [-0.25, -0.2) is 0 Å². The largest absolute Gasteiger partial charge is 0.493 e. The van der Waals surface area contributed by atoms with Crippen LogP contribution in [-0.4, -0.2) is 6.61 Å². The summed E-state index contributed by atoms with van der Waals surface area (Å²) < 4.78 is 5.89. The van der Waals surface area contributed by atoms with Gasteiger partial charge in [-0.05, 0) is 36.8 Å². The Labute approximate surface area is 124 Å². The van der Waals surface area contributed by atoms with Crippen molar-refractivity contribution in [2.45, 2.75) is 64.7 Å². The lowest BCUT2D eigenvalue weighted by molar-refractivity contribution is 0.177. The van der Waals surface area contributed by atoms with E-state index in [1.165, 1.54) is 57.8 Å². The van der Waals surface area contributed by atoms with Crippen molar-refractivity contribution >= 4 is 0 Å². The van der Waals surface area contributed by atoms with Gasteiger partial charge < -0.3 is 4.74 Å². The fourth-order valence-electron chi connectivity index (χ4n) is 3.28. The molecule has 2 rings (SSSR count). The van der Waals surface area contributed by atoms with Gasteiger partial charge in [-0.3, -0.25) is 0 Å². The first kappa shape index (κ1) is 15.4. The zero-order valence-corrected chi connectivity index (χ0v) is 13.0. The first-order chi connectivity index (χ1) is 9.88. The van der Waals surface area contributed by atoms with E-state index >= 15 is 0 Å². The Morgan fingerprint density at radius 2 is 1.60 bits per heavy atom. The summed E-state index contributed by atoms with van der Waals surface area (Å²) in [6.07, 6.45) is 12.7. The molecular weight excluding hydrogens is 244 g/mol. The Hall–Kier alpha value is -0.980. The van der Waals surface area contributed by atoms with Gasteiger partial charge in [-0.2, -0.15) is 0 Å². The highest BCUT2D eigenvalue weighted by molar-refractivity contribution is 5.20. The van der Waals surface area contributed by atoms with Crippen LogP contribution >= 0.6 is 0 Å². The van der Waals surface area contributed by atoms with Gasteiger partial charge in [0.1, 0.15) is 5.75 Å². The maximum Gasteiger partial charge on any atom is 0.119 e. The number of para-hydroxylation sites is 1. The second-order valence-electron chi connectivity index (χ2n) is 6.36. The molecule has 1 saturated carbocycles. The van der Waals surface area contributed by atoms with Crippen LogP contribution in [0.15, 0.2) is 30.3 Å². The second-order valence-corrected chi connectivity index (χ2v) is 6.36. The van der Waals surface area contributed by atoms with Crippen LogP contribution in [0.1, 0.15) is 64.7 Å². The third-order valence-electron chi connectivity index (χ3n) is 4.66. The summed E-state index contributed by atoms with van der Waals surface area (Å²) in [5, 5.41) is 0. The Morgan fingerprint density at radius 3 is 2.30 bits per heavy atom. The molecule has 0 heterocycles. The number of hydrogen-bond donors (Lipinski definition) is 0. The van der Waals surface area contributed by atoms with E-state index in [-0.39, 0.29) is 0 Å². The van der Waals surface area contributed by atoms with Crippen LogP contribution in [0.5, 0.6) is 5.75 Å². The molecule has 0 N–H and O–H groups in total. The van der Waals surface area contributed by atoms with Crippen molar-refractivity contribution in [1.82, 2.24) is 0 Å². The molecule has 1 aliphatic carbocycles. The summed E-state index contributed by atoms with van der Waals surface area (Å²) in [5.74, 6) is 2.80. The first-order valence-electron chi connectivity index (χ1n) is 8.56. The Balaban J connectivity index is 1.57. The molecule has 112 valence electrons. The number of benzene rings is 1. The zero-order chi connectivity index (χ0) is 14.0. The molecule has 1 aromatic carbocycles. The lowest BCUT2D eigenvalue weighted by Gasteiger charge is -2.28. The van der Waals surface area contributed by atoms with E-state index in [9.17, 15) is 0 Å². The summed E-state index contributed by atoms with van der Waals surface area (Å²) in [4.78, 5) is 0. The van der Waals surface area contributed by atoms with E-state index in [2.05, 4.69) is 19.1 Å². The first-order valence-corrected chi connectivity index (χ1v) is 8.56. The van der Waals surface area contributed by atoms with Gasteiger partial charge in [-0.1, -0.05) is 70.1 Å². The predicted molar refractivity (Wildman–Crippen MR) is 86.1 cm³/mol. The normalized spacial score (nSPS) is 22.6. The summed E-state index contributed by atoms with van der Waals surface area (Å²) in [6.45, 7) is 3.20. The minimum Gasteiger partial charge on any atom is -0.493 e. The van der Waals surface area contributed by atoms with Crippen molar-refractivity contribution in [2.75, 3.05) is 6.61 Å². The SMILES string of the molecule is CCCCCCC1CCC(COc2ccccc2)CC1. The lowest BCUT2D eigenvalue weighted by Crippen LogP contribution is -2.20. The summed E-state index contributed by atoms with van der Waals surface area (Å²) in [5.41, 5.74) is 0. The molecule has 0 unspecified atom stereocenters. The van der Waals surface area contributed by atoms with Gasteiger partial charge in [0, 0.05) is 0 Å². The van der Waals surface area contributed by atoms with E-state index in [0.717, 1.165) is 24.2 Å². The highest BCUT2D eigenvalue weighted by Crippen LogP contribution is 2.32. The molecule has 0 amide bonds. The molecule has 1 aliphatic rings. The van der Waals surface area contributed by atoms with Crippen LogP contribution in [0, 0.1) is 11.8 Å². The van der Waals surface area contributed by atoms with Crippen molar-refractivity contribution in [3.05, 3.63) is 30.3 Å². The highest BCUT2D eigenvalue weighted by atomic mass is 16.5. The number of ether oxygens (including phenoxy) is 1. The summed E-state index contributed by atoms with van der Waals surface area (Å²) in [6, 6.07) is 10.2. The maximum absolute atomic E-state index is 5.89. The maximum atomic E-state index is 5.89. The molecular formula is C19H30O. The quantitative estimate of drug-likeness (QED) is 0.541. The summed E-state index contributed by atoms with van der Waals surface area (Å²) >= 11 is 0. The van der Waals surface area contributed by atoms with Crippen LogP contribution in [0.4, 0.5) is 0 Å². The third kappa shape index (κ3) is 5.56. The Morgan fingerprint density at radius 1 is 0.900 bits per heavy atom. The minimum atomic E-state index is 0.780. The van der Waals surface area contributed by atoms with Crippen molar-refractivity contribution in [2.24, 2.45) is 11.8 Å². The Bertz CT molecular complexity index is 338. The topological polar surface area (TPSA) is 9.23 Å². The number of rotatable bonds is 8. The molecule has 0 bridgehead atoms. The molecule has 1 nitrogen and oxygen atoms in total. The van der Waals surface area contributed by atoms with Crippen LogP contribution in [-0.2, 0) is 0 Å². The predicted octanol–water partition coefficient (Wildman–Crippen LogP) is 5.84. The van der Waals surface area contributed by atoms with Crippen molar-refractivity contribution < 1.29 is 4.74 Å². The van der Waals surface area contributed by atoms with Crippen LogP contribution < -0.4 is 4.74 Å². The van der Waals surface area contributed by atoms with Crippen molar-refractivity contribution in [3.8, 4) is 5.75 Å². The van der Waals surface area contributed by atoms with Gasteiger partial charge in [0.05, 0.1) is 6.61 Å². The fourth-order valence-corrected chi connectivity index (χ4v) is 3.28. The molecule has 0 saturated heterocycles. The molecule has 0 radical (unpaired) electrons. The second kappa shape index (κ2) is 9.05. The number of hydrogen-bond acceptors (Lipinski definition) is 1. The van der Waals surface area contributed by atoms with E-state index in [0.29, 0.717) is 0 Å².